The number of benzene rings is 2. The number of H-pyrrole nitrogens is 1. The third-order valence-corrected chi connectivity index (χ3v) is 5.62. The van der Waals surface area contributed by atoms with Gasteiger partial charge in [-0.1, -0.05) is 27.5 Å². The van der Waals surface area contributed by atoms with Crippen LogP contribution in [-0.4, -0.2) is 22.5 Å². The van der Waals surface area contributed by atoms with Crippen molar-refractivity contribution in [2.45, 2.75) is 0 Å². The van der Waals surface area contributed by atoms with Gasteiger partial charge in [0.1, 0.15) is 23.5 Å². The van der Waals surface area contributed by atoms with Gasteiger partial charge in [-0.15, -0.1) is 0 Å². The lowest BCUT2D eigenvalue weighted by Gasteiger charge is -2.11. The van der Waals surface area contributed by atoms with Crippen molar-refractivity contribution in [3.8, 4) is 11.4 Å². The molecule has 9 heteroatoms. The third-order valence-electron chi connectivity index (χ3n) is 4.79. The van der Waals surface area contributed by atoms with Crippen molar-refractivity contribution in [1.82, 2.24) is 9.97 Å². The van der Waals surface area contributed by atoms with E-state index in [1.165, 1.54) is 6.26 Å². The summed E-state index contributed by atoms with van der Waals surface area (Å²) < 4.78 is 11.6. The predicted molar refractivity (Wildman–Crippen MR) is 117 cm³/mol. The molecule has 2 N–H and O–H groups in total. The van der Waals surface area contributed by atoms with Gasteiger partial charge in [-0.2, -0.15) is 0 Å². The Morgan fingerprint density at radius 2 is 2.13 bits per heavy atom. The Morgan fingerprint density at radius 1 is 1.27 bits per heavy atom. The quantitative estimate of drug-likeness (QED) is 0.431. The van der Waals surface area contributed by atoms with Crippen LogP contribution < -0.4 is 10.9 Å². The fourth-order valence-corrected chi connectivity index (χ4v) is 3.87. The fraction of sp³-hybridized carbons (Fsp3) is 0.0952. The first-order valence-electron chi connectivity index (χ1n) is 9.01. The summed E-state index contributed by atoms with van der Waals surface area (Å²) in [5.74, 6) is -0.269. The second-order valence-corrected chi connectivity index (χ2v) is 8.11. The van der Waals surface area contributed by atoms with Gasteiger partial charge in [0, 0.05) is 21.1 Å². The van der Waals surface area contributed by atoms with Crippen molar-refractivity contribution in [3.63, 3.8) is 0 Å². The van der Waals surface area contributed by atoms with Gasteiger partial charge in [-0.25, -0.2) is 4.98 Å². The third kappa shape index (κ3) is 3.28. The number of amides is 1. The predicted octanol–water partition coefficient (Wildman–Crippen LogP) is 4.85. The summed E-state index contributed by atoms with van der Waals surface area (Å²) in [6, 6.07) is 10.4. The number of hydrogen-bond acceptors (Lipinski definition) is 5. The molecule has 0 bridgehead atoms. The highest BCUT2D eigenvalue weighted by Gasteiger charge is 2.21. The van der Waals surface area contributed by atoms with E-state index >= 15 is 0 Å². The summed E-state index contributed by atoms with van der Waals surface area (Å²) in [6.07, 6.45) is 3.20. The summed E-state index contributed by atoms with van der Waals surface area (Å²) in [7, 11) is 0. The van der Waals surface area contributed by atoms with Crippen molar-refractivity contribution in [3.05, 3.63) is 68.6 Å². The van der Waals surface area contributed by atoms with Crippen LogP contribution in [0.5, 0.6) is 0 Å². The molecule has 1 amide bonds. The largest absolute Gasteiger partial charge is 0.500 e. The number of fused-ring (bicyclic) bond motifs is 3. The summed E-state index contributed by atoms with van der Waals surface area (Å²) in [4.78, 5) is 32.3. The average Bonchev–Trinajstić information content (AvgIpc) is 3.38. The summed E-state index contributed by atoms with van der Waals surface area (Å²) in [5, 5.41) is 3.92. The summed E-state index contributed by atoms with van der Waals surface area (Å²) in [5.41, 5.74) is 1.73. The fourth-order valence-electron chi connectivity index (χ4n) is 3.30. The molecule has 0 fully saturated rings. The number of furan rings is 1. The molecule has 7 nitrogen and oxygen atoms in total. The molecule has 0 radical (unpaired) electrons. The Hall–Kier alpha value is -3.10. The second kappa shape index (κ2) is 7.30. The molecule has 5 rings (SSSR count). The molecule has 2 aromatic carbocycles. The van der Waals surface area contributed by atoms with Gasteiger partial charge in [-0.3, -0.25) is 9.59 Å². The van der Waals surface area contributed by atoms with E-state index < -0.39 is 5.56 Å². The second-order valence-electron chi connectivity index (χ2n) is 6.79. The monoisotopic (exact) mass is 485 g/mol. The number of hydrogen-bond donors (Lipinski definition) is 2. The first-order valence-corrected chi connectivity index (χ1v) is 10.2. The van der Waals surface area contributed by atoms with Crippen LogP contribution in [0.3, 0.4) is 0 Å². The molecule has 150 valence electrons. The molecule has 0 aliphatic carbocycles. The lowest BCUT2D eigenvalue weighted by molar-refractivity contribution is -0.119. The lowest BCUT2D eigenvalue weighted by atomic mass is 10.1. The average molecular weight is 487 g/mol. The molecule has 2 aromatic heterocycles. The Kier molecular flexibility index (Phi) is 4.60. The van der Waals surface area contributed by atoms with Crippen LogP contribution in [0.4, 0.5) is 5.69 Å². The molecule has 0 spiro atoms. The number of aromatic nitrogens is 2. The van der Waals surface area contributed by atoms with E-state index in [0.717, 1.165) is 4.47 Å². The van der Waals surface area contributed by atoms with Gasteiger partial charge in [0.15, 0.2) is 0 Å². The molecule has 3 heterocycles. The van der Waals surface area contributed by atoms with Crippen molar-refractivity contribution >= 4 is 61.2 Å². The van der Waals surface area contributed by atoms with Crippen molar-refractivity contribution in [1.29, 1.82) is 0 Å². The molecule has 0 saturated heterocycles. The van der Waals surface area contributed by atoms with E-state index in [4.69, 9.17) is 20.8 Å². The first-order chi connectivity index (χ1) is 14.5. The molecule has 1 atom stereocenters. The smallest absolute Gasteiger partial charge is 0.294 e. The minimum absolute atomic E-state index is 0.139. The first kappa shape index (κ1) is 18.9. The maximum atomic E-state index is 12.6. The van der Waals surface area contributed by atoms with E-state index in [-0.39, 0.29) is 23.2 Å². The molecule has 1 unspecified atom stereocenters. The SMILES string of the molecule is O=C(Nc1ccc(Cl)c(-c2nc3c(oc4ccc(Br)cc43)c(=O)[nH]2)c1)C1C=COC1. The number of aromatic amines is 1. The highest BCUT2D eigenvalue weighted by molar-refractivity contribution is 9.10. The highest BCUT2D eigenvalue weighted by Crippen LogP contribution is 2.32. The van der Waals surface area contributed by atoms with Gasteiger partial charge in [0.05, 0.1) is 17.2 Å². The zero-order valence-corrected chi connectivity index (χ0v) is 17.6. The number of carbonyl (C=O) groups is 1. The van der Waals surface area contributed by atoms with E-state index in [1.807, 2.05) is 12.1 Å². The van der Waals surface area contributed by atoms with Crippen LogP contribution >= 0.6 is 27.5 Å². The van der Waals surface area contributed by atoms with Crippen LogP contribution in [0.1, 0.15) is 0 Å². The van der Waals surface area contributed by atoms with Crippen LogP contribution in [0.25, 0.3) is 33.5 Å². The number of carbonyl (C=O) groups excluding carboxylic acids is 1. The number of nitrogens with one attached hydrogen (secondary N) is 2. The van der Waals surface area contributed by atoms with Crippen LogP contribution in [-0.2, 0) is 9.53 Å². The maximum absolute atomic E-state index is 12.6. The normalized spacial score (nSPS) is 15.6. The molecule has 1 aliphatic rings. The zero-order chi connectivity index (χ0) is 20.8. The lowest BCUT2D eigenvalue weighted by Crippen LogP contribution is -2.22. The number of rotatable bonds is 3. The number of nitrogens with zero attached hydrogens (tertiary/aromatic N) is 1. The Bertz CT molecular complexity index is 1410. The molecule has 0 saturated carbocycles. The summed E-state index contributed by atoms with van der Waals surface area (Å²) >= 11 is 9.80. The van der Waals surface area contributed by atoms with Gasteiger partial charge in [0.25, 0.3) is 5.56 Å². The maximum Gasteiger partial charge on any atom is 0.294 e. The minimum Gasteiger partial charge on any atom is -0.500 e. The Balaban J connectivity index is 1.60. The van der Waals surface area contributed by atoms with E-state index in [9.17, 15) is 9.59 Å². The van der Waals surface area contributed by atoms with Gasteiger partial charge < -0.3 is 19.5 Å². The van der Waals surface area contributed by atoms with Crippen LogP contribution in [0.15, 0.2) is 62.4 Å². The topological polar surface area (TPSA) is 97.2 Å². The molecule has 30 heavy (non-hydrogen) atoms. The standard InChI is InChI=1S/C21H13BrClN3O4/c22-11-1-4-16-14(7-11)17-18(30-16)21(28)26-19(25-17)13-8-12(2-3-15(13)23)24-20(27)10-5-6-29-9-10/h1-8,10H,9H2,(H,24,27)(H,25,26,28). The Labute approximate surface area is 182 Å². The molecular formula is C21H13BrClN3O4. The van der Waals surface area contributed by atoms with Crippen molar-refractivity contribution < 1.29 is 13.9 Å². The van der Waals surface area contributed by atoms with E-state index in [0.29, 0.717) is 39.4 Å². The van der Waals surface area contributed by atoms with E-state index in [2.05, 4.69) is 31.2 Å². The number of anilines is 1. The van der Waals surface area contributed by atoms with E-state index in [1.54, 1.807) is 30.3 Å². The molecule has 1 aliphatic heterocycles. The van der Waals surface area contributed by atoms with Crippen molar-refractivity contribution in [2.24, 2.45) is 5.92 Å². The number of ether oxygens (including phenoxy) is 1. The minimum atomic E-state index is -0.416. The van der Waals surface area contributed by atoms with Crippen LogP contribution in [0.2, 0.25) is 5.02 Å². The molecule has 4 aromatic rings. The van der Waals surface area contributed by atoms with Gasteiger partial charge >= 0.3 is 0 Å². The molecular weight excluding hydrogens is 474 g/mol. The number of halogens is 2. The Morgan fingerprint density at radius 3 is 2.93 bits per heavy atom. The van der Waals surface area contributed by atoms with Crippen LogP contribution in [0, 0.1) is 5.92 Å². The van der Waals surface area contributed by atoms with Gasteiger partial charge in [0.2, 0.25) is 11.5 Å². The van der Waals surface area contributed by atoms with Gasteiger partial charge in [-0.05, 0) is 42.5 Å². The highest BCUT2D eigenvalue weighted by atomic mass is 79.9. The van der Waals surface area contributed by atoms with Crippen molar-refractivity contribution in [2.75, 3.05) is 11.9 Å². The zero-order valence-electron chi connectivity index (χ0n) is 15.2. The summed E-state index contributed by atoms with van der Waals surface area (Å²) in [6.45, 7) is 0.306.